The first kappa shape index (κ1) is 25.0. The Kier molecular flexibility index (Phi) is 11.6. The topological polar surface area (TPSA) is 87.0 Å². The lowest BCUT2D eigenvalue weighted by Gasteiger charge is -2.23. The van der Waals surface area contributed by atoms with Crippen LogP contribution in [0.25, 0.3) is 0 Å². The molecule has 170 valence electrons. The molecule has 0 aromatic heterocycles. The van der Waals surface area contributed by atoms with E-state index in [1.807, 2.05) is 0 Å². The summed E-state index contributed by atoms with van der Waals surface area (Å²) in [6, 6.07) is 5.75. The molecule has 4 unspecified atom stereocenters. The molecular formula is C23H35FO5S. The van der Waals surface area contributed by atoms with Crippen molar-refractivity contribution in [3.63, 3.8) is 0 Å². The largest absolute Gasteiger partial charge is 0.491 e. The molecule has 0 saturated heterocycles. The summed E-state index contributed by atoms with van der Waals surface area (Å²) >= 11 is 1.71. The molecule has 4 atom stereocenters. The van der Waals surface area contributed by atoms with Crippen LogP contribution >= 0.6 is 11.8 Å². The zero-order valence-corrected chi connectivity index (χ0v) is 18.4. The molecule has 30 heavy (non-hydrogen) atoms. The first-order valence-electron chi connectivity index (χ1n) is 11.0. The molecule has 5 nitrogen and oxygen atoms in total. The van der Waals surface area contributed by atoms with E-state index in [0.29, 0.717) is 16.8 Å². The first-order chi connectivity index (χ1) is 14.5. The normalized spacial score (nSPS) is 22.2. The van der Waals surface area contributed by atoms with Crippen LogP contribution in [0.4, 0.5) is 4.39 Å². The number of halogens is 1. The van der Waals surface area contributed by atoms with Crippen molar-refractivity contribution in [2.45, 2.75) is 81.7 Å². The molecule has 1 saturated carbocycles. The fourth-order valence-corrected chi connectivity index (χ4v) is 5.40. The lowest BCUT2D eigenvalue weighted by molar-refractivity contribution is -0.137. The zero-order valence-electron chi connectivity index (χ0n) is 17.5. The molecular weight excluding hydrogens is 407 g/mol. The summed E-state index contributed by atoms with van der Waals surface area (Å²) in [7, 11) is 0. The van der Waals surface area contributed by atoms with Crippen LogP contribution in [0.2, 0.25) is 0 Å². The zero-order chi connectivity index (χ0) is 21.8. The number of rotatable bonds is 15. The Morgan fingerprint density at radius 2 is 1.77 bits per heavy atom. The first-order valence-corrected chi connectivity index (χ1v) is 12.1. The highest BCUT2D eigenvalue weighted by Gasteiger charge is 2.34. The monoisotopic (exact) mass is 442 g/mol. The predicted octanol–water partition coefficient (Wildman–Crippen LogP) is 4.64. The number of carboxylic acids is 1. The van der Waals surface area contributed by atoms with Crippen molar-refractivity contribution >= 4 is 17.7 Å². The van der Waals surface area contributed by atoms with E-state index in [1.165, 1.54) is 12.1 Å². The van der Waals surface area contributed by atoms with Gasteiger partial charge in [-0.25, -0.2) is 4.39 Å². The van der Waals surface area contributed by atoms with Gasteiger partial charge >= 0.3 is 5.97 Å². The standard InChI is InChI=1S/C23H35FO5S/c24-17-9-11-19(12-10-17)29-15-18(25)16-30-22-14-13-21(26)20(22)7-5-3-1-2-4-6-8-23(27)28/h9-12,18,20-22,25-26H,1-8,13-16H2,(H,27,28). The van der Waals surface area contributed by atoms with Crippen molar-refractivity contribution in [3.8, 4) is 5.75 Å². The summed E-state index contributed by atoms with van der Waals surface area (Å²) in [6.45, 7) is 0.167. The smallest absolute Gasteiger partial charge is 0.303 e. The second-order valence-corrected chi connectivity index (χ2v) is 9.42. The van der Waals surface area contributed by atoms with Crippen LogP contribution in [-0.4, -0.2) is 51.1 Å². The van der Waals surface area contributed by atoms with Gasteiger partial charge in [-0.2, -0.15) is 11.8 Å². The van der Waals surface area contributed by atoms with E-state index in [9.17, 15) is 19.4 Å². The molecule has 1 aliphatic carbocycles. The highest BCUT2D eigenvalue weighted by molar-refractivity contribution is 7.99. The van der Waals surface area contributed by atoms with E-state index < -0.39 is 12.1 Å². The van der Waals surface area contributed by atoms with Gasteiger partial charge in [0.2, 0.25) is 0 Å². The average molecular weight is 443 g/mol. The predicted molar refractivity (Wildman–Crippen MR) is 117 cm³/mol. The molecule has 7 heteroatoms. The molecule has 2 rings (SSSR count). The Morgan fingerprint density at radius 3 is 2.47 bits per heavy atom. The van der Waals surface area contributed by atoms with Crippen molar-refractivity contribution in [1.82, 2.24) is 0 Å². The fourth-order valence-electron chi connectivity index (χ4n) is 3.97. The fraction of sp³-hybridized carbons (Fsp3) is 0.696. The van der Waals surface area contributed by atoms with Gasteiger partial charge in [-0.3, -0.25) is 4.79 Å². The lowest BCUT2D eigenvalue weighted by atomic mass is 9.97. The molecule has 0 aliphatic heterocycles. The van der Waals surface area contributed by atoms with E-state index >= 15 is 0 Å². The molecule has 0 spiro atoms. The summed E-state index contributed by atoms with van der Waals surface area (Å²) in [6.07, 6.45) is 8.27. The highest BCUT2D eigenvalue weighted by atomic mass is 32.2. The third kappa shape index (κ3) is 9.67. The van der Waals surface area contributed by atoms with E-state index in [2.05, 4.69) is 0 Å². The van der Waals surface area contributed by atoms with Gasteiger partial charge in [0.25, 0.3) is 0 Å². The van der Waals surface area contributed by atoms with Crippen molar-refractivity contribution in [2.24, 2.45) is 5.92 Å². The van der Waals surface area contributed by atoms with Crippen LogP contribution in [0.15, 0.2) is 24.3 Å². The van der Waals surface area contributed by atoms with Crippen LogP contribution in [0.3, 0.4) is 0 Å². The minimum absolute atomic E-state index is 0.167. The number of aliphatic carboxylic acids is 1. The van der Waals surface area contributed by atoms with E-state index in [0.717, 1.165) is 57.8 Å². The number of hydrogen-bond donors (Lipinski definition) is 3. The highest BCUT2D eigenvalue weighted by Crippen LogP contribution is 2.38. The molecule has 0 amide bonds. The quantitative estimate of drug-likeness (QED) is 0.343. The van der Waals surface area contributed by atoms with Crippen molar-refractivity contribution in [2.75, 3.05) is 12.4 Å². The van der Waals surface area contributed by atoms with E-state index in [-0.39, 0.29) is 30.9 Å². The number of benzene rings is 1. The van der Waals surface area contributed by atoms with Gasteiger partial charge in [-0.1, -0.05) is 32.1 Å². The maximum Gasteiger partial charge on any atom is 0.303 e. The number of carboxylic acid groups (broad SMARTS) is 1. The Balaban J connectivity index is 1.58. The number of ether oxygens (including phenoxy) is 1. The van der Waals surface area contributed by atoms with Crippen LogP contribution in [0, 0.1) is 11.7 Å². The van der Waals surface area contributed by atoms with Crippen LogP contribution < -0.4 is 4.74 Å². The van der Waals surface area contributed by atoms with E-state index in [1.54, 1.807) is 23.9 Å². The van der Waals surface area contributed by atoms with Crippen LogP contribution in [-0.2, 0) is 4.79 Å². The Labute approximate surface area is 183 Å². The number of carbonyl (C=O) groups is 1. The second kappa shape index (κ2) is 13.9. The molecule has 1 fully saturated rings. The minimum Gasteiger partial charge on any atom is -0.491 e. The number of aliphatic hydroxyl groups excluding tert-OH is 2. The average Bonchev–Trinajstić information content (AvgIpc) is 3.07. The number of aliphatic hydroxyl groups is 2. The van der Waals surface area contributed by atoms with Crippen LogP contribution in [0.1, 0.15) is 64.2 Å². The SMILES string of the molecule is O=C(O)CCCCCCCCC1C(O)CCC1SCC(O)COc1ccc(F)cc1. The van der Waals surface area contributed by atoms with Gasteiger partial charge in [0.1, 0.15) is 18.2 Å². The molecule has 0 bridgehead atoms. The molecule has 0 radical (unpaired) electrons. The van der Waals surface area contributed by atoms with Crippen molar-refractivity contribution < 1.29 is 29.2 Å². The molecule has 1 aliphatic rings. The third-order valence-corrected chi connectivity index (χ3v) is 7.25. The molecule has 1 aromatic carbocycles. The van der Waals surface area contributed by atoms with Gasteiger partial charge in [0.05, 0.1) is 12.2 Å². The van der Waals surface area contributed by atoms with Gasteiger partial charge in [-0.05, 0) is 55.9 Å². The number of hydrogen-bond acceptors (Lipinski definition) is 5. The third-order valence-electron chi connectivity index (χ3n) is 5.66. The minimum atomic E-state index is -0.721. The maximum atomic E-state index is 12.9. The summed E-state index contributed by atoms with van der Waals surface area (Å²) < 4.78 is 18.4. The van der Waals surface area contributed by atoms with Gasteiger partial charge in [-0.15, -0.1) is 0 Å². The number of thioether (sulfide) groups is 1. The van der Waals surface area contributed by atoms with E-state index in [4.69, 9.17) is 9.84 Å². The van der Waals surface area contributed by atoms with Gasteiger partial charge in [0.15, 0.2) is 0 Å². The Bertz CT molecular complexity index is 612. The molecule has 1 aromatic rings. The molecule has 0 heterocycles. The summed E-state index contributed by atoms with van der Waals surface area (Å²) in [5.74, 6) is 0.326. The maximum absolute atomic E-state index is 12.9. The Hall–Kier alpha value is -1.31. The lowest BCUT2D eigenvalue weighted by Crippen LogP contribution is -2.25. The summed E-state index contributed by atoms with van der Waals surface area (Å²) in [4.78, 5) is 10.5. The van der Waals surface area contributed by atoms with Gasteiger partial charge in [0, 0.05) is 17.4 Å². The van der Waals surface area contributed by atoms with Crippen molar-refractivity contribution in [3.05, 3.63) is 30.1 Å². The Morgan fingerprint density at radius 1 is 1.10 bits per heavy atom. The second-order valence-electron chi connectivity index (χ2n) is 8.15. The summed E-state index contributed by atoms with van der Waals surface area (Å²) in [5, 5.41) is 29.5. The van der Waals surface area contributed by atoms with Crippen molar-refractivity contribution in [1.29, 1.82) is 0 Å². The molecule has 3 N–H and O–H groups in total. The van der Waals surface area contributed by atoms with Gasteiger partial charge < -0.3 is 20.1 Å². The van der Waals surface area contributed by atoms with Crippen LogP contribution in [0.5, 0.6) is 5.75 Å². The summed E-state index contributed by atoms with van der Waals surface area (Å²) in [5.41, 5.74) is 0. The number of unbranched alkanes of at least 4 members (excludes halogenated alkanes) is 5.